The molecule has 1 N–H and O–H groups in total. The summed E-state index contributed by atoms with van der Waals surface area (Å²) in [6.07, 6.45) is 14.2. The Bertz CT molecular complexity index is 897. The Morgan fingerprint density at radius 2 is 2.30 bits per heavy atom. The van der Waals surface area contributed by atoms with Crippen molar-refractivity contribution in [1.82, 2.24) is 24.7 Å². The summed E-state index contributed by atoms with van der Waals surface area (Å²) >= 11 is 0. The minimum Gasteiger partial charge on any atom is -0.346 e. The highest BCUT2D eigenvalue weighted by Crippen LogP contribution is 2.36. The summed E-state index contributed by atoms with van der Waals surface area (Å²) in [5.74, 6) is 0.475. The number of fused-ring (bicyclic) bond motifs is 1. The van der Waals surface area contributed by atoms with Gasteiger partial charge in [0.25, 0.3) is 0 Å². The van der Waals surface area contributed by atoms with Crippen molar-refractivity contribution < 1.29 is 0 Å². The highest BCUT2D eigenvalue weighted by atomic mass is 15.3. The second-order valence-electron chi connectivity index (χ2n) is 5.89. The highest BCUT2D eigenvalue weighted by molar-refractivity contribution is 5.89. The number of aromatic nitrogens is 5. The van der Waals surface area contributed by atoms with Crippen LogP contribution in [0.15, 0.2) is 43.1 Å². The van der Waals surface area contributed by atoms with Crippen LogP contribution in [0.4, 0.5) is 0 Å². The van der Waals surface area contributed by atoms with Gasteiger partial charge in [-0.2, -0.15) is 10.4 Å². The molecule has 1 aliphatic rings. The molecular formula is C17H16N6. The maximum Gasteiger partial charge on any atom is 0.141 e. The molecule has 2 unspecified atom stereocenters. The van der Waals surface area contributed by atoms with Crippen LogP contribution in [0.25, 0.3) is 22.3 Å². The Kier molecular flexibility index (Phi) is 3.39. The van der Waals surface area contributed by atoms with E-state index in [1.807, 2.05) is 29.2 Å². The van der Waals surface area contributed by atoms with Crippen molar-refractivity contribution in [2.75, 3.05) is 0 Å². The van der Waals surface area contributed by atoms with E-state index in [1.54, 1.807) is 12.4 Å². The van der Waals surface area contributed by atoms with Gasteiger partial charge in [-0.25, -0.2) is 9.97 Å². The molecule has 0 bridgehead atoms. The molecule has 6 nitrogen and oxygen atoms in total. The fourth-order valence-electron chi connectivity index (χ4n) is 3.35. The Hall–Kier alpha value is -2.94. The lowest BCUT2D eigenvalue weighted by Gasteiger charge is -2.09. The molecule has 0 radical (unpaired) electrons. The summed E-state index contributed by atoms with van der Waals surface area (Å²) < 4.78 is 2.04. The van der Waals surface area contributed by atoms with E-state index in [2.05, 4.69) is 32.3 Å². The topological polar surface area (TPSA) is 83.2 Å². The molecule has 1 saturated carbocycles. The average Bonchev–Trinajstić information content (AvgIpc) is 3.30. The minimum absolute atomic E-state index is 0.389. The van der Waals surface area contributed by atoms with Crippen molar-refractivity contribution in [3.05, 3.63) is 43.1 Å². The fourth-order valence-corrected chi connectivity index (χ4v) is 3.35. The third-order valence-corrected chi connectivity index (χ3v) is 4.49. The number of allylic oxidation sites excluding steroid dienone is 2. The third kappa shape index (κ3) is 2.50. The predicted octanol–water partition coefficient (Wildman–Crippen LogP) is 3.24. The smallest absolute Gasteiger partial charge is 0.141 e. The molecule has 3 heterocycles. The van der Waals surface area contributed by atoms with Gasteiger partial charge in [-0.3, -0.25) is 4.68 Å². The second-order valence-corrected chi connectivity index (χ2v) is 5.89. The van der Waals surface area contributed by atoms with Crippen LogP contribution in [0.1, 0.15) is 25.3 Å². The first-order valence-electron chi connectivity index (χ1n) is 7.74. The van der Waals surface area contributed by atoms with E-state index in [9.17, 15) is 0 Å². The van der Waals surface area contributed by atoms with Gasteiger partial charge in [0, 0.05) is 29.4 Å². The maximum atomic E-state index is 8.64. The van der Waals surface area contributed by atoms with E-state index >= 15 is 0 Å². The second kappa shape index (κ2) is 5.69. The van der Waals surface area contributed by atoms with Crippen molar-refractivity contribution in [2.24, 2.45) is 5.92 Å². The molecule has 4 rings (SSSR count). The van der Waals surface area contributed by atoms with Gasteiger partial charge in [0.15, 0.2) is 0 Å². The van der Waals surface area contributed by atoms with Crippen LogP contribution < -0.4 is 0 Å². The molecule has 6 heteroatoms. The largest absolute Gasteiger partial charge is 0.346 e. The van der Waals surface area contributed by atoms with E-state index in [0.29, 0.717) is 12.0 Å². The fraction of sp³-hybridized carbons (Fsp3) is 0.294. The summed E-state index contributed by atoms with van der Waals surface area (Å²) in [6.45, 7) is 0. The molecule has 23 heavy (non-hydrogen) atoms. The lowest BCUT2D eigenvalue weighted by molar-refractivity contribution is 0.457. The number of hydrogen-bond acceptors (Lipinski definition) is 4. The Morgan fingerprint density at radius 1 is 1.35 bits per heavy atom. The van der Waals surface area contributed by atoms with E-state index in [4.69, 9.17) is 5.26 Å². The summed E-state index contributed by atoms with van der Waals surface area (Å²) in [6, 6.07) is 4.45. The Balaban J connectivity index is 1.59. The van der Waals surface area contributed by atoms with E-state index in [0.717, 1.165) is 41.6 Å². The average molecular weight is 304 g/mol. The lowest BCUT2D eigenvalue weighted by Crippen LogP contribution is -2.05. The van der Waals surface area contributed by atoms with E-state index in [1.165, 1.54) is 0 Å². The number of nitriles is 1. The van der Waals surface area contributed by atoms with Crippen LogP contribution in [-0.4, -0.2) is 24.7 Å². The van der Waals surface area contributed by atoms with Crippen LogP contribution >= 0.6 is 0 Å². The van der Waals surface area contributed by atoms with Gasteiger partial charge >= 0.3 is 0 Å². The van der Waals surface area contributed by atoms with Gasteiger partial charge in [-0.1, -0.05) is 6.08 Å². The zero-order valence-corrected chi connectivity index (χ0v) is 12.6. The molecule has 0 aromatic carbocycles. The lowest BCUT2D eigenvalue weighted by atomic mass is 10.1. The molecule has 0 aliphatic heterocycles. The molecule has 3 aromatic heterocycles. The quantitative estimate of drug-likeness (QED) is 0.753. The molecule has 2 atom stereocenters. The first kappa shape index (κ1) is 13.7. The van der Waals surface area contributed by atoms with E-state index < -0.39 is 0 Å². The van der Waals surface area contributed by atoms with Gasteiger partial charge in [-0.15, -0.1) is 0 Å². The molecule has 0 spiro atoms. The van der Waals surface area contributed by atoms with Crippen molar-refractivity contribution in [2.45, 2.75) is 25.3 Å². The molecule has 1 fully saturated rings. The number of hydrogen-bond donors (Lipinski definition) is 1. The summed E-state index contributed by atoms with van der Waals surface area (Å²) in [5, 5.41) is 14.2. The zero-order chi connectivity index (χ0) is 15.6. The van der Waals surface area contributed by atoms with Crippen molar-refractivity contribution >= 4 is 11.0 Å². The monoisotopic (exact) mass is 304 g/mol. The number of nitrogens with one attached hydrogen (secondary N) is 1. The van der Waals surface area contributed by atoms with Gasteiger partial charge in [0.1, 0.15) is 12.0 Å². The molecule has 0 amide bonds. The van der Waals surface area contributed by atoms with Crippen molar-refractivity contribution in [3.8, 4) is 17.3 Å². The number of aromatic amines is 1. The normalized spacial score (nSPS) is 21.2. The van der Waals surface area contributed by atoms with Gasteiger partial charge < -0.3 is 4.98 Å². The van der Waals surface area contributed by atoms with Gasteiger partial charge in [0.05, 0.1) is 24.0 Å². The summed E-state index contributed by atoms with van der Waals surface area (Å²) in [5.41, 5.74) is 2.75. The number of rotatable bonds is 3. The summed E-state index contributed by atoms with van der Waals surface area (Å²) in [4.78, 5) is 11.7. The first-order chi connectivity index (χ1) is 11.3. The van der Waals surface area contributed by atoms with Gasteiger partial charge in [0.2, 0.25) is 0 Å². The van der Waals surface area contributed by atoms with Crippen LogP contribution in [-0.2, 0) is 0 Å². The van der Waals surface area contributed by atoms with Crippen LogP contribution in [0.3, 0.4) is 0 Å². The predicted molar refractivity (Wildman–Crippen MR) is 86.2 cm³/mol. The van der Waals surface area contributed by atoms with E-state index in [-0.39, 0.29) is 0 Å². The first-order valence-corrected chi connectivity index (χ1v) is 7.74. The molecule has 3 aromatic rings. The SMILES string of the molecule is N#CC=CC1CCC(n2cc(-c3ncnc4[nH]ccc34)cn2)C1. The van der Waals surface area contributed by atoms with Crippen LogP contribution in [0.2, 0.25) is 0 Å². The standard InChI is InChI=1S/C17H16N6/c18-6-1-2-12-3-4-14(8-12)23-10-13(9-22-23)16-15-5-7-19-17(15)21-11-20-16/h1-2,5,7,9-12,14H,3-4,8H2,(H,19,20,21). The molecule has 1 aliphatic carbocycles. The number of nitrogens with zero attached hydrogens (tertiary/aromatic N) is 5. The molecule has 114 valence electrons. The summed E-state index contributed by atoms with van der Waals surface area (Å²) in [7, 11) is 0. The molecular weight excluding hydrogens is 288 g/mol. The van der Waals surface area contributed by atoms with Gasteiger partial charge in [-0.05, 0) is 31.2 Å². The van der Waals surface area contributed by atoms with Crippen LogP contribution in [0.5, 0.6) is 0 Å². The zero-order valence-electron chi connectivity index (χ0n) is 12.6. The Labute approximate surface area is 133 Å². The molecule has 0 saturated heterocycles. The third-order valence-electron chi connectivity index (χ3n) is 4.49. The maximum absolute atomic E-state index is 8.64. The minimum atomic E-state index is 0.389. The highest BCUT2D eigenvalue weighted by Gasteiger charge is 2.25. The Morgan fingerprint density at radius 3 is 3.22 bits per heavy atom. The van der Waals surface area contributed by atoms with Crippen molar-refractivity contribution in [1.29, 1.82) is 5.26 Å². The van der Waals surface area contributed by atoms with Crippen LogP contribution in [0, 0.1) is 17.2 Å². The van der Waals surface area contributed by atoms with Crippen molar-refractivity contribution in [3.63, 3.8) is 0 Å². The number of H-pyrrole nitrogens is 1.